The molecule has 0 bridgehead atoms. The lowest BCUT2D eigenvalue weighted by atomic mass is 9.95. The maximum atomic E-state index is 13.2. The SMILES string of the molecule is CCN(C1CCCCC1)S(=O)(=O)c1ccc(C(=O)N2CCNC(=O)C2(C)C)cc1. The summed E-state index contributed by atoms with van der Waals surface area (Å²) in [6, 6.07) is 6.16. The van der Waals surface area contributed by atoms with E-state index in [1.54, 1.807) is 30.3 Å². The molecule has 0 unspecified atom stereocenters. The van der Waals surface area contributed by atoms with Crippen molar-refractivity contribution in [3.8, 4) is 0 Å². The number of carbonyl (C=O) groups is 2. The van der Waals surface area contributed by atoms with Gasteiger partial charge in [0.2, 0.25) is 15.9 Å². The lowest BCUT2D eigenvalue weighted by Crippen LogP contribution is -2.63. The highest BCUT2D eigenvalue weighted by Gasteiger charge is 2.40. The summed E-state index contributed by atoms with van der Waals surface area (Å²) in [5, 5.41) is 2.77. The molecule has 2 amide bonds. The summed E-state index contributed by atoms with van der Waals surface area (Å²) in [4.78, 5) is 26.8. The van der Waals surface area contributed by atoms with E-state index >= 15 is 0 Å². The van der Waals surface area contributed by atoms with Gasteiger partial charge in [-0.15, -0.1) is 0 Å². The van der Waals surface area contributed by atoms with Crippen molar-refractivity contribution < 1.29 is 18.0 Å². The van der Waals surface area contributed by atoms with Crippen LogP contribution in [0.3, 0.4) is 0 Å². The molecule has 1 heterocycles. The molecule has 1 aromatic carbocycles. The molecule has 29 heavy (non-hydrogen) atoms. The molecule has 1 aliphatic heterocycles. The molecule has 1 saturated carbocycles. The number of sulfonamides is 1. The lowest BCUT2D eigenvalue weighted by molar-refractivity contribution is -0.133. The quantitative estimate of drug-likeness (QED) is 0.791. The fraction of sp³-hybridized carbons (Fsp3) is 0.619. The van der Waals surface area contributed by atoms with Crippen molar-refractivity contribution in [3.05, 3.63) is 29.8 Å². The van der Waals surface area contributed by atoms with Crippen molar-refractivity contribution in [2.24, 2.45) is 0 Å². The molecular weight excluding hydrogens is 390 g/mol. The summed E-state index contributed by atoms with van der Waals surface area (Å²) < 4.78 is 27.9. The van der Waals surface area contributed by atoms with E-state index in [9.17, 15) is 18.0 Å². The highest BCUT2D eigenvalue weighted by Crippen LogP contribution is 2.28. The molecule has 160 valence electrons. The first kappa shape index (κ1) is 21.8. The Labute approximate surface area is 173 Å². The monoisotopic (exact) mass is 421 g/mol. The Morgan fingerprint density at radius 3 is 2.38 bits per heavy atom. The first-order valence-electron chi connectivity index (χ1n) is 10.4. The average molecular weight is 422 g/mol. The van der Waals surface area contributed by atoms with Gasteiger partial charge in [0.05, 0.1) is 4.90 Å². The van der Waals surface area contributed by atoms with Gasteiger partial charge >= 0.3 is 0 Å². The molecule has 0 atom stereocenters. The summed E-state index contributed by atoms with van der Waals surface area (Å²) in [6.45, 7) is 6.55. The molecule has 0 aromatic heterocycles. The second-order valence-corrected chi connectivity index (χ2v) is 10.2. The molecule has 2 aliphatic rings. The summed E-state index contributed by atoms with van der Waals surface area (Å²) in [5.74, 6) is -0.462. The first-order chi connectivity index (χ1) is 13.7. The van der Waals surface area contributed by atoms with Gasteiger partial charge in [-0.05, 0) is 51.0 Å². The smallest absolute Gasteiger partial charge is 0.254 e. The molecule has 7 nitrogen and oxygen atoms in total. The van der Waals surface area contributed by atoms with Crippen LogP contribution in [0.15, 0.2) is 29.2 Å². The predicted octanol–water partition coefficient (Wildman–Crippen LogP) is 2.38. The minimum atomic E-state index is -3.61. The number of hydrogen-bond donors (Lipinski definition) is 1. The summed E-state index contributed by atoms with van der Waals surface area (Å²) in [7, 11) is -3.61. The standard InChI is InChI=1S/C21H31N3O4S/c1-4-24(17-8-6-5-7-9-17)29(27,28)18-12-10-16(11-13-18)19(25)23-15-14-22-20(26)21(23,2)3/h10-13,17H,4-9,14-15H2,1-3H3,(H,22,26). The molecule has 0 radical (unpaired) electrons. The van der Waals surface area contributed by atoms with Gasteiger partial charge in [-0.2, -0.15) is 4.31 Å². The third kappa shape index (κ3) is 4.19. The average Bonchev–Trinajstić information content (AvgIpc) is 2.71. The van der Waals surface area contributed by atoms with Gasteiger partial charge in [-0.1, -0.05) is 26.2 Å². The Hall–Kier alpha value is -1.93. The largest absolute Gasteiger partial charge is 0.352 e. The number of nitrogens with one attached hydrogen (secondary N) is 1. The normalized spacial score (nSPS) is 20.6. The minimum Gasteiger partial charge on any atom is -0.352 e. The number of rotatable bonds is 5. The lowest BCUT2D eigenvalue weighted by Gasteiger charge is -2.41. The van der Waals surface area contributed by atoms with Crippen LogP contribution < -0.4 is 5.32 Å². The second kappa shape index (κ2) is 8.44. The fourth-order valence-electron chi connectivity index (χ4n) is 4.31. The van der Waals surface area contributed by atoms with Crippen LogP contribution in [0.1, 0.15) is 63.2 Å². The number of carbonyl (C=O) groups excluding carboxylic acids is 2. The molecule has 2 fully saturated rings. The van der Waals surface area contributed by atoms with Crippen LogP contribution in [-0.4, -0.2) is 60.7 Å². The highest BCUT2D eigenvalue weighted by molar-refractivity contribution is 7.89. The van der Waals surface area contributed by atoms with Crippen LogP contribution in [-0.2, 0) is 14.8 Å². The number of hydrogen-bond acceptors (Lipinski definition) is 4. The molecule has 0 spiro atoms. The maximum absolute atomic E-state index is 13.2. The van der Waals surface area contributed by atoms with E-state index in [0.717, 1.165) is 32.1 Å². The third-order valence-corrected chi connectivity index (χ3v) is 8.14. The van der Waals surface area contributed by atoms with Crippen molar-refractivity contribution in [1.82, 2.24) is 14.5 Å². The van der Waals surface area contributed by atoms with Gasteiger partial charge < -0.3 is 10.2 Å². The van der Waals surface area contributed by atoms with Gasteiger partial charge in [-0.25, -0.2) is 8.42 Å². The van der Waals surface area contributed by atoms with Crippen LogP contribution >= 0.6 is 0 Å². The zero-order valence-electron chi connectivity index (χ0n) is 17.5. The molecule has 1 N–H and O–H groups in total. The van der Waals surface area contributed by atoms with E-state index in [1.807, 2.05) is 6.92 Å². The van der Waals surface area contributed by atoms with Crippen LogP contribution in [0.25, 0.3) is 0 Å². The molecule has 3 rings (SSSR count). The van der Waals surface area contributed by atoms with E-state index in [4.69, 9.17) is 0 Å². The zero-order chi connectivity index (χ0) is 21.2. The Balaban J connectivity index is 1.81. The van der Waals surface area contributed by atoms with Gasteiger partial charge in [0.15, 0.2) is 0 Å². The number of nitrogens with zero attached hydrogens (tertiary/aromatic N) is 2. The predicted molar refractivity (Wildman–Crippen MR) is 111 cm³/mol. The second-order valence-electron chi connectivity index (χ2n) is 8.30. The topological polar surface area (TPSA) is 86.8 Å². The molecule has 8 heteroatoms. The Kier molecular flexibility index (Phi) is 6.33. The summed E-state index contributed by atoms with van der Waals surface area (Å²) in [5.41, 5.74) is -0.562. The summed E-state index contributed by atoms with van der Waals surface area (Å²) in [6.07, 6.45) is 5.08. The zero-order valence-corrected chi connectivity index (χ0v) is 18.3. The van der Waals surface area contributed by atoms with E-state index in [1.165, 1.54) is 17.0 Å². The van der Waals surface area contributed by atoms with Gasteiger partial charge in [0, 0.05) is 31.2 Å². The Bertz CT molecular complexity index is 858. The maximum Gasteiger partial charge on any atom is 0.254 e. The number of amides is 2. The summed E-state index contributed by atoms with van der Waals surface area (Å²) >= 11 is 0. The first-order valence-corrected chi connectivity index (χ1v) is 11.9. The third-order valence-electron chi connectivity index (χ3n) is 6.10. The van der Waals surface area contributed by atoms with E-state index in [2.05, 4.69) is 5.32 Å². The number of piperazine rings is 1. The molecule has 1 saturated heterocycles. The van der Waals surface area contributed by atoms with Crippen molar-refractivity contribution >= 4 is 21.8 Å². The van der Waals surface area contributed by atoms with E-state index in [0.29, 0.717) is 25.2 Å². The van der Waals surface area contributed by atoms with Crippen LogP contribution in [0.5, 0.6) is 0 Å². The molecule has 1 aliphatic carbocycles. The van der Waals surface area contributed by atoms with Crippen LogP contribution in [0, 0.1) is 0 Å². The number of benzene rings is 1. The fourth-order valence-corrected chi connectivity index (χ4v) is 6.00. The van der Waals surface area contributed by atoms with Gasteiger partial charge in [0.25, 0.3) is 5.91 Å². The molecule has 1 aromatic rings. The van der Waals surface area contributed by atoms with Gasteiger partial charge in [-0.3, -0.25) is 9.59 Å². The Morgan fingerprint density at radius 1 is 1.17 bits per heavy atom. The van der Waals surface area contributed by atoms with Crippen molar-refractivity contribution in [2.75, 3.05) is 19.6 Å². The van der Waals surface area contributed by atoms with Crippen LogP contribution in [0.2, 0.25) is 0 Å². The van der Waals surface area contributed by atoms with Gasteiger partial charge in [0.1, 0.15) is 5.54 Å². The van der Waals surface area contributed by atoms with E-state index < -0.39 is 15.6 Å². The Morgan fingerprint density at radius 2 is 1.79 bits per heavy atom. The molecular formula is C21H31N3O4S. The highest BCUT2D eigenvalue weighted by atomic mass is 32.2. The van der Waals surface area contributed by atoms with Crippen molar-refractivity contribution in [1.29, 1.82) is 0 Å². The van der Waals surface area contributed by atoms with E-state index in [-0.39, 0.29) is 22.8 Å². The van der Waals surface area contributed by atoms with Crippen molar-refractivity contribution in [3.63, 3.8) is 0 Å². The van der Waals surface area contributed by atoms with Crippen molar-refractivity contribution in [2.45, 2.75) is 69.4 Å². The van der Waals surface area contributed by atoms with Crippen LogP contribution in [0.4, 0.5) is 0 Å². The minimum absolute atomic E-state index is 0.0488.